The molecule has 1 aromatic carbocycles. The molecule has 1 aliphatic heterocycles. The van der Waals surface area contributed by atoms with Crippen LogP contribution in [0.4, 0.5) is 17.3 Å². The Morgan fingerprint density at radius 1 is 1.32 bits per heavy atom. The molecule has 28 heavy (non-hydrogen) atoms. The van der Waals surface area contributed by atoms with E-state index in [4.69, 9.17) is 18.0 Å². The van der Waals surface area contributed by atoms with Gasteiger partial charge < -0.3 is 20.4 Å². The van der Waals surface area contributed by atoms with Crippen molar-refractivity contribution in [3.8, 4) is 0 Å². The van der Waals surface area contributed by atoms with Crippen molar-refractivity contribution in [2.75, 3.05) is 23.7 Å². The van der Waals surface area contributed by atoms with Crippen LogP contribution >= 0.6 is 12.2 Å². The van der Waals surface area contributed by atoms with Gasteiger partial charge in [-0.05, 0) is 61.4 Å². The molecule has 0 saturated carbocycles. The monoisotopic (exact) mass is 400 g/mol. The lowest BCUT2D eigenvalue weighted by molar-refractivity contribution is -0.108. The Morgan fingerprint density at radius 3 is 2.57 bits per heavy atom. The van der Waals surface area contributed by atoms with E-state index in [1.54, 1.807) is 11.8 Å². The summed E-state index contributed by atoms with van der Waals surface area (Å²) in [4.78, 5) is 33.7. The topological polar surface area (TPSA) is 108 Å². The van der Waals surface area contributed by atoms with Gasteiger partial charge in [-0.15, -0.1) is 4.91 Å². The molecular weight excluding hydrogens is 376 g/mol. The number of benzene rings is 1. The highest BCUT2D eigenvalue weighted by Crippen LogP contribution is 2.32. The van der Waals surface area contributed by atoms with Gasteiger partial charge in [-0.25, -0.2) is 4.98 Å². The Morgan fingerprint density at radius 2 is 1.96 bits per heavy atom. The molecule has 0 radical (unpaired) electrons. The van der Waals surface area contributed by atoms with Crippen LogP contribution in [0, 0.1) is 9.68 Å². The summed E-state index contributed by atoms with van der Waals surface area (Å²) in [5, 5.41) is 2.98. The van der Waals surface area contributed by atoms with Crippen LogP contribution < -0.4 is 10.6 Å². The van der Waals surface area contributed by atoms with Gasteiger partial charge in [0, 0.05) is 13.1 Å². The highest BCUT2D eigenvalue weighted by molar-refractivity contribution is 7.71. The number of carbonyl (C=O) groups excluding carboxylic acids is 1. The summed E-state index contributed by atoms with van der Waals surface area (Å²) in [5.41, 5.74) is 8.01. The minimum Gasteiger partial charge on any atom is -0.383 e. The SMILES string of the molecule is CC(C=O)N(Cc1ccc(CN2CCCC2)cc1)c1nc(=S)[nH]c(N)c1N=O. The zero-order valence-corrected chi connectivity index (χ0v) is 16.6. The Bertz CT molecular complexity index is 892. The number of hydrogen-bond donors (Lipinski definition) is 2. The fourth-order valence-electron chi connectivity index (χ4n) is 3.39. The van der Waals surface area contributed by atoms with Crippen molar-refractivity contribution in [2.24, 2.45) is 5.18 Å². The molecule has 0 bridgehead atoms. The summed E-state index contributed by atoms with van der Waals surface area (Å²) in [6.07, 6.45) is 3.31. The summed E-state index contributed by atoms with van der Waals surface area (Å²) in [6.45, 7) is 5.34. The number of nitrogen functional groups attached to an aromatic ring is 1. The number of hydrogen-bond acceptors (Lipinski definition) is 8. The van der Waals surface area contributed by atoms with Crippen LogP contribution in [-0.2, 0) is 17.9 Å². The van der Waals surface area contributed by atoms with Gasteiger partial charge >= 0.3 is 0 Å². The predicted molar refractivity (Wildman–Crippen MR) is 112 cm³/mol. The number of aldehydes is 1. The van der Waals surface area contributed by atoms with E-state index < -0.39 is 6.04 Å². The molecule has 1 aromatic heterocycles. The molecule has 148 valence electrons. The maximum Gasteiger partial charge on any atom is 0.200 e. The predicted octanol–water partition coefficient (Wildman–Crippen LogP) is 3.31. The molecule has 0 amide bonds. The number of nitroso groups, excluding NO2 is 1. The average Bonchev–Trinajstić information content (AvgIpc) is 3.19. The number of nitrogens with one attached hydrogen (secondary N) is 1. The molecule has 1 fully saturated rings. The molecule has 1 aliphatic rings. The largest absolute Gasteiger partial charge is 0.383 e. The number of carbonyl (C=O) groups is 1. The first-order valence-electron chi connectivity index (χ1n) is 9.27. The Kier molecular flexibility index (Phi) is 6.48. The fraction of sp³-hybridized carbons (Fsp3) is 0.421. The van der Waals surface area contributed by atoms with Crippen LogP contribution in [-0.4, -0.2) is 40.3 Å². The third-order valence-electron chi connectivity index (χ3n) is 4.95. The lowest BCUT2D eigenvalue weighted by Crippen LogP contribution is -2.34. The van der Waals surface area contributed by atoms with Crippen molar-refractivity contribution in [1.29, 1.82) is 0 Å². The number of H-pyrrole nitrogens is 1. The highest BCUT2D eigenvalue weighted by atomic mass is 32.1. The minimum absolute atomic E-state index is 0.0362. The van der Waals surface area contributed by atoms with Gasteiger partial charge in [-0.1, -0.05) is 24.3 Å². The molecule has 3 rings (SSSR count). The van der Waals surface area contributed by atoms with Crippen LogP contribution in [0.15, 0.2) is 29.4 Å². The van der Waals surface area contributed by atoms with Gasteiger partial charge in [0.15, 0.2) is 16.3 Å². The molecule has 1 atom stereocenters. The third-order valence-corrected chi connectivity index (χ3v) is 5.14. The summed E-state index contributed by atoms with van der Waals surface area (Å²) in [6, 6.07) is 7.70. The molecule has 0 aliphatic carbocycles. The van der Waals surface area contributed by atoms with E-state index in [2.05, 4.69) is 32.2 Å². The third kappa shape index (κ3) is 4.60. The molecule has 3 N–H and O–H groups in total. The number of aromatic nitrogens is 2. The lowest BCUT2D eigenvalue weighted by atomic mass is 10.1. The van der Waals surface area contributed by atoms with Crippen LogP contribution in [0.2, 0.25) is 0 Å². The van der Waals surface area contributed by atoms with Gasteiger partial charge in [0.1, 0.15) is 12.1 Å². The summed E-state index contributed by atoms with van der Waals surface area (Å²) in [5.74, 6) is 0.242. The molecule has 8 nitrogen and oxygen atoms in total. The average molecular weight is 401 g/mol. The van der Waals surface area contributed by atoms with Gasteiger partial charge in [0.05, 0.1) is 6.04 Å². The zero-order valence-electron chi connectivity index (χ0n) is 15.8. The fourth-order valence-corrected chi connectivity index (χ4v) is 3.59. The second kappa shape index (κ2) is 9.03. The van der Waals surface area contributed by atoms with E-state index in [0.717, 1.165) is 31.5 Å². The number of nitrogens with two attached hydrogens (primary N) is 1. The van der Waals surface area contributed by atoms with E-state index in [1.165, 1.54) is 18.4 Å². The smallest absolute Gasteiger partial charge is 0.200 e. The number of likely N-dealkylation sites (tertiary alicyclic amines) is 1. The first-order valence-corrected chi connectivity index (χ1v) is 9.68. The van der Waals surface area contributed by atoms with Crippen LogP contribution in [0.5, 0.6) is 0 Å². The Balaban J connectivity index is 1.84. The van der Waals surface area contributed by atoms with Crippen molar-refractivity contribution in [1.82, 2.24) is 14.9 Å². The second-order valence-corrected chi connectivity index (χ2v) is 7.41. The first kappa shape index (κ1) is 20.1. The summed E-state index contributed by atoms with van der Waals surface area (Å²) in [7, 11) is 0. The molecule has 1 saturated heterocycles. The second-order valence-electron chi connectivity index (χ2n) is 7.02. The van der Waals surface area contributed by atoms with E-state index >= 15 is 0 Å². The molecule has 0 spiro atoms. The van der Waals surface area contributed by atoms with Crippen LogP contribution in [0.3, 0.4) is 0 Å². The Labute approximate surface area is 168 Å². The highest BCUT2D eigenvalue weighted by Gasteiger charge is 2.22. The number of nitrogens with zero attached hydrogens (tertiary/aromatic N) is 4. The van der Waals surface area contributed by atoms with E-state index in [9.17, 15) is 9.70 Å². The van der Waals surface area contributed by atoms with Gasteiger partial charge in [-0.2, -0.15) is 0 Å². The number of rotatable bonds is 8. The maximum atomic E-state index is 11.5. The lowest BCUT2D eigenvalue weighted by Gasteiger charge is -2.27. The zero-order chi connectivity index (χ0) is 20.1. The molecular formula is C19H24N6O2S. The molecule has 9 heteroatoms. The van der Waals surface area contributed by atoms with Gasteiger partial charge in [0.2, 0.25) is 0 Å². The molecule has 2 aromatic rings. The van der Waals surface area contributed by atoms with E-state index in [1.807, 2.05) is 12.1 Å². The van der Waals surface area contributed by atoms with Crippen molar-refractivity contribution >= 4 is 35.8 Å². The Hall–Kier alpha value is -2.65. The van der Waals surface area contributed by atoms with Gasteiger partial charge in [-0.3, -0.25) is 4.90 Å². The molecule has 1 unspecified atom stereocenters. The summed E-state index contributed by atoms with van der Waals surface area (Å²) >= 11 is 5.08. The van der Waals surface area contributed by atoms with Crippen molar-refractivity contribution in [2.45, 2.75) is 38.9 Å². The van der Waals surface area contributed by atoms with E-state index in [-0.39, 0.29) is 22.1 Å². The standard InChI is InChI=1S/C19H24N6O2S/c1-13(12-26)25(18-16(23-27)17(20)21-19(28)22-18)11-15-6-4-14(5-7-15)10-24-8-2-3-9-24/h4-7,12-13H,2-3,8-11H2,1H3,(H3,20,21,22,28). The summed E-state index contributed by atoms with van der Waals surface area (Å²) < 4.78 is 0.129. The maximum absolute atomic E-state index is 11.5. The van der Waals surface area contributed by atoms with Crippen molar-refractivity contribution < 1.29 is 4.79 Å². The number of aromatic amines is 1. The van der Waals surface area contributed by atoms with E-state index in [0.29, 0.717) is 6.54 Å². The minimum atomic E-state index is -0.534. The number of anilines is 2. The quantitative estimate of drug-likeness (QED) is 0.397. The van der Waals surface area contributed by atoms with Gasteiger partial charge in [0.25, 0.3) is 0 Å². The van der Waals surface area contributed by atoms with Crippen molar-refractivity contribution in [3.63, 3.8) is 0 Å². The van der Waals surface area contributed by atoms with Crippen LogP contribution in [0.25, 0.3) is 0 Å². The van der Waals surface area contributed by atoms with Crippen molar-refractivity contribution in [3.05, 3.63) is 45.1 Å². The first-order chi connectivity index (χ1) is 13.5. The normalized spacial score (nSPS) is 15.3. The van der Waals surface area contributed by atoms with Crippen LogP contribution in [0.1, 0.15) is 30.9 Å². The molecule has 2 heterocycles.